The molecule has 1 unspecified atom stereocenters. The Morgan fingerprint density at radius 1 is 0.889 bits per heavy atom. The zero-order chi connectivity index (χ0) is 18.1. The molecule has 1 fully saturated rings. The molecule has 0 aromatic heterocycles. The lowest BCUT2D eigenvalue weighted by Gasteiger charge is -2.33. The highest BCUT2D eigenvalue weighted by Gasteiger charge is 2.36. The van der Waals surface area contributed by atoms with Gasteiger partial charge in [-0.15, -0.1) is 17.0 Å². The molecule has 142 valence electrons. The Morgan fingerprint density at radius 2 is 1.56 bits per heavy atom. The molecule has 4 rings (SSSR count). The van der Waals surface area contributed by atoms with Gasteiger partial charge in [0.1, 0.15) is 0 Å². The van der Waals surface area contributed by atoms with Crippen LogP contribution in [0, 0.1) is 6.92 Å². The van der Waals surface area contributed by atoms with Gasteiger partial charge in [0, 0.05) is 22.7 Å². The number of aliphatic imine (C=N–C) groups is 1. The van der Waals surface area contributed by atoms with Crippen LogP contribution in [-0.4, -0.2) is 10.8 Å². The second kappa shape index (κ2) is 8.30. The van der Waals surface area contributed by atoms with Crippen LogP contribution in [0.5, 0.6) is 0 Å². The van der Waals surface area contributed by atoms with Gasteiger partial charge in [0.2, 0.25) is 0 Å². The number of halogens is 2. The molecule has 1 aliphatic heterocycles. The van der Waals surface area contributed by atoms with E-state index >= 15 is 0 Å². The van der Waals surface area contributed by atoms with Crippen molar-refractivity contribution in [3.8, 4) is 0 Å². The summed E-state index contributed by atoms with van der Waals surface area (Å²) in [5.41, 5.74) is 5.72. The lowest BCUT2D eigenvalue weighted by molar-refractivity contribution is 0.0505. The van der Waals surface area contributed by atoms with Crippen molar-refractivity contribution in [3.63, 3.8) is 0 Å². The maximum Gasteiger partial charge on any atom is 0.186 e. The SMILES string of the molecule is Br.Cc1ccc(C2=C3CCCCCC3=NC(O)(c3ccc(Cl)cc3)C2)cc1. The van der Waals surface area contributed by atoms with E-state index in [1.54, 1.807) is 0 Å². The normalized spacial score (nSPS) is 22.4. The third-order valence-corrected chi connectivity index (χ3v) is 5.75. The fraction of sp³-hybridized carbons (Fsp3) is 0.348. The van der Waals surface area contributed by atoms with E-state index in [-0.39, 0.29) is 17.0 Å². The average molecular weight is 447 g/mol. The summed E-state index contributed by atoms with van der Waals surface area (Å²) in [7, 11) is 0. The van der Waals surface area contributed by atoms with Gasteiger partial charge in [0.15, 0.2) is 5.72 Å². The topological polar surface area (TPSA) is 32.6 Å². The molecule has 0 radical (unpaired) electrons. The Hall–Kier alpha value is -1.42. The molecule has 1 N–H and O–H groups in total. The van der Waals surface area contributed by atoms with Crippen molar-refractivity contribution in [2.24, 2.45) is 4.99 Å². The molecule has 2 aromatic rings. The highest BCUT2D eigenvalue weighted by molar-refractivity contribution is 8.93. The molecule has 2 aliphatic rings. The van der Waals surface area contributed by atoms with Crippen LogP contribution >= 0.6 is 28.6 Å². The van der Waals surface area contributed by atoms with Gasteiger partial charge in [-0.05, 0) is 61.4 Å². The number of hydrogen-bond donors (Lipinski definition) is 1. The highest BCUT2D eigenvalue weighted by atomic mass is 79.9. The van der Waals surface area contributed by atoms with Crippen molar-refractivity contribution in [3.05, 3.63) is 75.8 Å². The number of aliphatic hydroxyl groups is 1. The molecule has 0 saturated heterocycles. The first-order valence-electron chi connectivity index (χ1n) is 9.42. The Balaban J connectivity index is 0.00000210. The number of allylic oxidation sites excluding steroid dienone is 1. The van der Waals surface area contributed by atoms with Crippen LogP contribution < -0.4 is 0 Å². The van der Waals surface area contributed by atoms with Crippen LogP contribution in [-0.2, 0) is 5.72 Å². The van der Waals surface area contributed by atoms with Gasteiger partial charge in [-0.1, -0.05) is 60.0 Å². The number of hydrogen-bond acceptors (Lipinski definition) is 2. The van der Waals surface area contributed by atoms with Gasteiger partial charge >= 0.3 is 0 Å². The summed E-state index contributed by atoms with van der Waals surface area (Å²) in [4.78, 5) is 4.86. The molecule has 4 heteroatoms. The minimum atomic E-state index is -1.21. The lowest BCUT2D eigenvalue weighted by Crippen LogP contribution is -2.30. The summed E-state index contributed by atoms with van der Waals surface area (Å²) in [6.45, 7) is 2.10. The molecule has 27 heavy (non-hydrogen) atoms. The van der Waals surface area contributed by atoms with Crippen LogP contribution in [0.1, 0.15) is 55.2 Å². The van der Waals surface area contributed by atoms with E-state index < -0.39 is 5.72 Å². The molecule has 1 heterocycles. The van der Waals surface area contributed by atoms with Crippen LogP contribution in [0.3, 0.4) is 0 Å². The smallest absolute Gasteiger partial charge is 0.186 e. The number of nitrogens with zero attached hydrogens (tertiary/aromatic N) is 1. The first-order valence-corrected chi connectivity index (χ1v) is 9.79. The van der Waals surface area contributed by atoms with Crippen LogP contribution in [0.2, 0.25) is 5.02 Å². The monoisotopic (exact) mass is 445 g/mol. The standard InChI is InChI=1S/C23H24ClNO.BrH/c1-16-7-9-17(10-8-16)21-15-23(26,18-11-13-19(24)14-12-18)25-22-6-4-2-3-5-20(21)22;/h7-14,26H,2-6,15H2,1H3;1H. The van der Waals surface area contributed by atoms with Crippen molar-refractivity contribution in [2.45, 2.75) is 51.2 Å². The number of aryl methyl sites for hydroxylation is 1. The predicted molar refractivity (Wildman–Crippen MR) is 119 cm³/mol. The molecule has 1 saturated carbocycles. The lowest BCUT2D eigenvalue weighted by atomic mass is 9.82. The quantitative estimate of drug-likeness (QED) is 0.551. The molecule has 0 bridgehead atoms. The van der Waals surface area contributed by atoms with Crippen molar-refractivity contribution in [2.75, 3.05) is 0 Å². The first-order chi connectivity index (χ1) is 12.5. The van der Waals surface area contributed by atoms with E-state index in [1.807, 2.05) is 24.3 Å². The Bertz CT molecular complexity index is 870. The van der Waals surface area contributed by atoms with E-state index in [2.05, 4.69) is 31.2 Å². The van der Waals surface area contributed by atoms with E-state index in [0.29, 0.717) is 11.4 Å². The molecular weight excluding hydrogens is 422 g/mol. The first kappa shape index (κ1) is 20.3. The van der Waals surface area contributed by atoms with Gasteiger partial charge in [0.05, 0.1) is 0 Å². The van der Waals surface area contributed by atoms with Crippen molar-refractivity contribution < 1.29 is 5.11 Å². The molecule has 1 atom stereocenters. The van der Waals surface area contributed by atoms with E-state index in [9.17, 15) is 5.11 Å². The van der Waals surface area contributed by atoms with Gasteiger partial charge < -0.3 is 5.11 Å². The maximum absolute atomic E-state index is 11.5. The van der Waals surface area contributed by atoms with E-state index in [1.165, 1.54) is 35.1 Å². The Labute approximate surface area is 176 Å². The van der Waals surface area contributed by atoms with Crippen LogP contribution in [0.4, 0.5) is 0 Å². The number of benzene rings is 2. The molecule has 2 nitrogen and oxygen atoms in total. The second-order valence-electron chi connectivity index (χ2n) is 7.44. The number of fused-ring (bicyclic) bond motifs is 1. The van der Waals surface area contributed by atoms with Gasteiger partial charge in [-0.3, -0.25) is 4.99 Å². The zero-order valence-corrected chi connectivity index (χ0v) is 18.0. The van der Waals surface area contributed by atoms with Gasteiger partial charge in [0.25, 0.3) is 0 Å². The second-order valence-corrected chi connectivity index (χ2v) is 7.88. The van der Waals surface area contributed by atoms with Crippen molar-refractivity contribution >= 4 is 39.9 Å². The summed E-state index contributed by atoms with van der Waals surface area (Å²) in [6.07, 6.45) is 6.07. The average Bonchev–Trinajstić information content (AvgIpc) is 2.87. The number of rotatable bonds is 2. The largest absolute Gasteiger partial charge is 0.365 e. The maximum atomic E-state index is 11.5. The summed E-state index contributed by atoms with van der Waals surface area (Å²) >= 11 is 6.04. The summed E-state index contributed by atoms with van der Waals surface area (Å²) in [6, 6.07) is 16.1. The van der Waals surface area contributed by atoms with Crippen molar-refractivity contribution in [1.82, 2.24) is 0 Å². The fourth-order valence-corrected chi connectivity index (χ4v) is 4.17. The Kier molecular flexibility index (Phi) is 6.25. The summed E-state index contributed by atoms with van der Waals surface area (Å²) in [5.74, 6) is 0. The fourth-order valence-electron chi connectivity index (χ4n) is 4.05. The molecular formula is C23H25BrClNO. The summed E-state index contributed by atoms with van der Waals surface area (Å²) in [5, 5.41) is 12.2. The van der Waals surface area contributed by atoms with Gasteiger partial charge in [-0.2, -0.15) is 0 Å². The molecule has 2 aromatic carbocycles. The minimum Gasteiger partial charge on any atom is -0.365 e. The van der Waals surface area contributed by atoms with Crippen LogP contribution in [0.15, 0.2) is 59.1 Å². The van der Waals surface area contributed by atoms with Gasteiger partial charge in [-0.25, -0.2) is 0 Å². The third kappa shape index (κ3) is 4.21. The molecule has 0 amide bonds. The summed E-state index contributed by atoms with van der Waals surface area (Å²) < 4.78 is 0. The highest BCUT2D eigenvalue weighted by Crippen LogP contribution is 2.43. The van der Waals surface area contributed by atoms with Crippen molar-refractivity contribution in [1.29, 1.82) is 0 Å². The van der Waals surface area contributed by atoms with E-state index in [0.717, 1.165) is 30.5 Å². The minimum absolute atomic E-state index is 0. The molecule has 1 aliphatic carbocycles. The zero-order valence-electron chi connectivity index (χ0n) is 15.5. The van der Waals surface area contributed by atoms with E-state index in [4.69, 9.17) is 16.6 Å². The Morgan fingerprint density at radius 3 is 2.26 bits per heavy atom. The van der Waals surface area contributed by atoms with Crippen LogP contribution in [0.25, 0.3) is 5.57 Å². The third-order valence-electron chi connectivity index (χ3n) is 5.50. The molecule has 0 spiro atoms. The predicted octanol–water partition coefficient (Wildman–Crippen LogP) is 6.63. The number of dihydropyridines is 1.